The van der Waals surface area contributed by atoms with Crippen molar-refractivity contribution in [1.29, 1.82) is 0 Å². The zero-order valence-corrected chi connectivity index (χ0v) is 10.8. The predicted molar refractivity (Wildman–Crippen MR) is 73.0 cm³/mol. The van der Waals surface area contributed by atoms with Gasteiger partial charge in [-0.2, -0.15) is 0 Å². The lowest BCUT2D eigenvalue weighted by atomic mass is 10.2. The average Bonchev–Trinajstić information content (AvgIpc) is 2.34. The van der Waals surface area contributed by atoms with Crippen LogP contribution >= 0.6 is 15.9 Å². The van der Waals surface area contributed by atoms with Crippen molar-refractivity contribution in [2.45, 2.75) is 0 Å². The van der Waals surface area contributed by atoms with Crippen molar-refractivity contribution in [2.75, 3.05) is 11.1 Å². The first-order chi connectivity index (χ1) is 8.58. The zero-order valence-electron chi connectivity index (χ0n) is 9.22. The Balaban J connectivity index is 2.32. The minimum absolute atomic E-state index is 0.0320. The second-order valence-corrected chi connectivity index (χ2v) is 4.47. The van der Waals surface area contributed by atoms with Gasteiger partial charge >= 0.3 is 5.97 Å². The summed E-state index contributed by atoms with van der Waals surface area (Å²) in [5.74, 6) is -0.744. The molecule has 0 aliphatic rings. The number of nitrogens with zero attached hydrogens (tertiary/aromatic N) is 1. The molecule has 92 valence electrons. The smallest absolute Gasteiger partial charge is 0.337 e. The average molecular weight is 308 g/mol. The Hall–Kier alpha value is -2.08. The highest BCUT2D eigenvalue weighted by Crippen LogP contribution is 2.24. The van der Waals surface area contributed by atoms with Gasteiger partial charge in [-0.25, -0.2) is 9.78 Å². The van der Waals surface area contributed by atoms with Crippen LogP contribution in [0.5, 0.6) is 0 Å². The molecule has 0 spiro atoms. The summed E-state index contributed by atoms with van der Waals surface area (Å²) in [4.78, 5) is 15.0. The fourth-order valence-corrected chi connectivity index (χ4v) is 1.69. The van der Waals surface area contributed by atoms with Gasteiger partial charge in [-0.3, -0.25) is 0 Å². The van der Waals surface area contributed by atoms with Crippen LogP contribution < -0.4 is 11.1 Å². The summed E-state index contributed by atoms with van der Waals surface area (Å²) in [6.45, 7) is 0. The number of benzene rings is 1. The Morgan fingerprint density at radius 1 is 1.28 bits per heavy atom. The second-order valence-electron chi connectivity index (χ2n) is 3.56. The molecule has 1 aromatic heterocycles. The van der Waals surface area contributed by atoms with Gasteiger partial charge in [0.25, 0.3) is 0 Å². The number of carboxylic acids is 1. The lowest BCUT2D eigenvalue weighted by molar-refractivity contribution is 0.0698. The molecular formula is C12H10BrN3O2. The molecule has 0 saturated carbocycles. The number of rotatable bonds is 3. The number of carboxylic acid groups (broad SMARTS) is 1. The molecule has 0 aliphatic carbocycles. The van der Waals surface area contributed by atoms with E-state index in [0.717, 1.165) is 10.2 Å². The van der Waals surface area contributed by atoms with Gasteiger partial charge in [-0.15, -0.1) is 0 Å². The standard InChI is InChI=1S/C12H10BrN3O2/c13-7-1-3-8(4-2-7)16-11-10(14)9(12(17)18)5-6-15-11/h1-6H,14H2,(H,15,16)(H,17,18). The molecule has 0 amide bonds. The first-order valence-electron chi connectivity index (χ1n) is 5.08. The Bertz CT molecular complexity index is 584. The van der Waals surface area contributed by atoms with Gasteiger partial charge in [0.2, 0.25) is 0 Å². The third-order valence-electron chi connectivity index (χ3n) is 2.33. The number of anilines is 3. The number of nitrogen functional groups attached to an aromatic ring is 1. The zero-order chi connectivity index (χ0) is 13.1. The summed E-state index contributed by atoms with van der Waals surface area (Å²) < 4.78 is 0.952. The summed E-state index contributed by atoms with van der Waals surface area (Å²) in [7, 11) is 0. The van der Waals surface area contributed by atoms with Crippen LogP contribution in [0.1, 0.15) is 10.4 Å². The van der Waals surface area contributed by atoms with E-state index in [9.17, 15) is 4.79 Å². The van der Waals surface area contributed by atoms with Crippen molar-refractivity contribution in [3.8, 4) is 0 Å². The quantitative estimate of drug-likeness (QED) is 0.811. The van der Waals surface area contributed by atoms with Gasteiger partial charge in [0.1, 0.15) is 0 Å². The van der Waals surface area contributed by atoms with Crippen molar-refractivity contribution in [3.05, 3.63) is 46.6 Å². The second kappa shape index (κ2) is 5.05. The van der Waals surface area contributed by atoms with Crippen LogP contribution in [0.4, 0.5) is 17.2 Å². The third kappa shape index (κ3) is 2.60. The third-order valence-corrected chi connectivity index (χ3v) is 2.86. The van der Waals surface area contributed by atoms with Crippen molar-refractivity contribution in [2.24, 2.45) is 0 Å². The van der Waals surface area contributed by atoms with Crippen LogP contribution in [0.3, 0.4) is 0 Å². The fraction of sp³-hybridized carbons (Fsp3) is 0. The van der Waals surface area contributed by atoms with Crippen molar-refractivity contribution >= 4 is 39.1 Å². The Labute approximate surface area is 112 Å². The van der Waals surface area contributed by atoms with Gasteiger partial charge in [-0.1, -0.05) is 15.9 Å². The number of carbonyl (C=O) groups is 1. The number of nitrogens with two attached hydrogens (primary N) is 1. The molecule has 0 atom stereocenters. The molecular weight excluding hydrogens is 298 g/mol. The highest BCUT2D eigenvalue weighted by atomic mass is 79.9. The van der Waals surface area contributed by atoms with Crippen LogP contribution in [0.15, 0.2) is 41.0 Å². The van der Waals surface area contributed by atoms with E-state index < -0.39 is 5.97 Å². The maximum absolute atomic E-state index is 10.9. The molecule has 6 heteroatoms. The largest absolute Gasteiger partial charge is 0.478 e. The van der Waals surface area contributed by atoms with Gasteiger partial charge in [0.15, 0.2) is 5.82 Å². The van der Waals surface area contributed by atoms with Crippen molar-refractivity contribution in [3.63, 3.8) is 0 Å². The van der Waals surface area contributed by atoms with Gasteiger partial charge in [-0.05, 0) is 30.3 Å². The summed E-state index contributed by atoms with van der Waals surface area (Å²) in [6.07, 6.45) is 1.40. The number of hydrogen-bond donors (Lipinski definition) is 3. The van der Waals surface area contributed by atoms with Crippen molar-refractivity contribution in [1.82, 2.24) is 4.98 Å². The molecule has 0 fully saturated rings. The molecule has 0 bridgehead atoms. The van der Waals surface area contributed by atoms with Crippen LogP contribution in [0, 0.1) is 0 Å². The lowest BCUT2D eigenvalue weighted by Crippen LogP contribution is -2.06. The molecule has 0 saturated heterocycles. The highest BCUT2D eigenvalue weighted by molar-refractivity contribution is 9.10. The van der Waals surface area contributed by atoms with Crippen LogP contribution in [0.2, 0.25) is 0 Å². The maximum atomic E-state index is 10.9. The fourth-order valence-electron chi connectivity index (χ4n) is 1.43. The number of halogens is 1. The van der Waals surface area contributed by atoms with E-state index in [4.69, 9.17) is 10.8 Å². The van der Waals surface area contributed by atoms with E-state index in [1.165, 1.54) is 12.3 Å². The topological polar surface area (TPSA) is 88.2 Å². The minimum atomic E-state index is -1.08. The van der Waals surface area contributed by atoms with E-state index in [2.05, 4.69) is 26.2 Å². The number of pyridine rings is 1. The van der Waals surface area contributed by atoms with E-state index in [1.54, 1.807) is 0 Å². The summed E-state index contributed by atoms with van der Waals surface area (Å²) in [5.41, 5.74) is 6.68. The molecule has 18 heavy (non-hydrogen) atoms. The van der Waals surface area contributed by atoms with Gasteiger partial charge in [0, 0.05) is 16.4 Å². The van der Waals surface area contributed by atoms with Crippen LogP contribution in [-0.4, -0.2) is 16.1 Å². The molecule has 0 aliphatic heterocycles. The monoisotopic (exact) mass is 307 g/mol. The Morgan fingerprint density at radius 3 is 2.56 bits per heavy atom. The molecule has 1 heterocycles. The number of aromatic carboxylic acids is 1. The van der Waals surface area contributed by atoms with Gasteiger partial charge < -0.3 is 16.2 Å². The molecule has 2 rings (SSSR count). The first kappa shape index (κ1) is 12.4. The number of nitrogens with one attached hydrogen (secondary N) is 1. The first-order valence-corrected chi connectivity index (χ1v) is 5.87. The molecule has 0 radical (unpaired) electrons. The van der Waals surface area contributed by atoms with E-state index in [1.807, 2.05) is 24.3 Å². The maximum Gasteiger partial charge on any atom is 0.337 e. The Kier molecular flexibility index (Phi) is 3.47. The van der Waals surface area contributed by atoms with E-state index in [-0.39, 0.29) is 11.3 Å². The summed E-state index contributed by atoms with van der Waals surface area (Å²) in [5, 5.41) is 11.9. The number of aromatic nitrogens is 1. The van der Waals surface area contributed by atoms with E-state index in [0.29, 0.717) is 5.82 Å². The van der Waals surface area contributed by atoms with Gasteiger partial charge in [0.05, 0.1) is 11.3 Å². The highest BCUT2D eigenvalue weighted by Gasteiger charge is 2.12. The molecule has 2 aromatic rings. The summed E-state index contributed by atoms with van der Waals surface area (Å²) >= 11 is 3.33. The normalized spacial score (nSPS) is 10.1. The van der Waals surface area contributed by atoms with Crippen LogP contribution in [-0.2, 0) is 0 Å². The van der Waals surface area contributed by atoms with Crippen LogP contribution in [0.25, 0.3) is 0 Å². The number of hydrogen-bond acceptors (Lipinski definition) is 4. The predicted octanol–water partition coefficient (Wildman–Crippen LogP) is 2.87. The van der Waals surface area contributed by atoms with Crippen molar-refractivity contribution < 1.29 is 9.90 Å². The SMILES string of the molecule is Nc1c(C(=O)O)ccnc1Nc1ccc(Br)cc1. The molecule has 5 nitrogen and oxygen atoms in total. The lowest BCUT2D eigenvalue weighted by Gasteiger charge is -2.09. The molecule has 1 aromatic carbocycles. The van der Waals surface area contributed by atoms with E-state index >= 15 is 0 Å². The molecule has 4 N–H and O–H groups in total. The Morgan fingerprint density at radius 2 is 1.94 bits per heavy atom. The minimum Gasteiger partial charge on any atom is -0.478 e. The summed E-state index contributed by atoms with van der Waals surface area (Å²) in [6, 6.07) is 8.75. The molecule has 0 unspecified atom stereocenters.